The molecule has 1 aromatic heterocycles. The molecular formula is C14H14N2O2S. The number of aromatic hydroxyl groups is 1. The number of aryl methyl sites for hydroxylation is 1. The number of aromatic nitrogens is 1. The molecule has 19 heavy (non-hydrogen) atoms. The largest absolute Gasteiger partial charge is 0.493 e. The Morgan fingerprint density at radius 3 is 2.89 bits per heavy atom. The molecule has 0 aliphatic rings. The molecule has 1 heterocycles. The molecule has 0 saturated heterocycles. The fourth-order valence-electron chi connectivity index (χ4n) is 1.62. The molecule has 2 rings (SSSR count). The lowest BCUT2D eigenvalue weighted by Gasteiger charge is -1.99. The molecule has 0 radical (unpaired) electrons. The van der Waals surface area contributed by atoms with E-state index in [0.717, 1.165) is 22.6 Å². The zero-order chi connectivity index (χ0) is 13.8. The fourth-order valence-corrected chi connectivity index (χ4v) is 2.39. The van der Waals surface area contributed by atoms with Gasteiger partial charge in [-0.3, -0.25) is 14.4 Å². The van der Waals surface area contributed by atoms with Gasteiger partial charge in [0.2, 0.25) is 5.88 Å². The molecule has 0 aliphatic carbocycles. The van der Waals surface area contributed by atoms with Gasteiger partial charge in [-0.1, -0.05) is 35.6 Å². The number of hydrogen-bond acceptors (Lipinski definition) is 4. The minimum absolute atomic E-state index is 0.0627. The third-order valence-electron chi connectivity index (χ3n) is 2.64. The van der Waals surface area contributed by atoms with Gasteiger partial charge >= 0.3 is 4.87 Å². The second-order valence-electron chi connectivity index (χ2n) is 4.00. The Kier molecular flexibility index (Phi) is 3.97. The standard InChI is InChI=1S/C14H14N2O2S/c1-3-8-16-13(17)12(19-14(16)18)9-15-11-7-5-4-6-10(11)2/h3-7,9,17H,1,8H2,2H3. The van der Waals surface area contributed by atoms with Gasteiger partial charge in [-0.05, 0) is 18.6 Å². The van der Waals surface area contributed by atoms with Crippen LogP contribution in [-0.2, 0) is 6.54 Å². The maximum atomic E-state index is 11.6. The second-order valence-corrected chi connectivity index (χ2v) is 4.99. The third-order valence-corrected chi connectivity index (χ3v) is 3.54. The number of para-hydroxylation sites is 1. The first-order valence-electron chi connectivity index (χ1n) is 5.76. The summed E-state index contributed by atoms with van der Waals surface area (Å²) in [4.78, 5) is 16.2. The molecule has 0 fully saturated rings. The SMILES string of the molecule is C=CCn1c(O)c(C=Nc2ccccc2C)sc1=O. The van der Waals surface area contributed by atoms with E-state index < -0.39 is 0 Å². The average molecular weight is 274 g/mol. The Morgan fingerprint density at radius 1 is 1.47 bits per heavy atom. The van der Waals surface area contributed by atoms with E-state index in [1.54, 1.807) is 6.08 Å². The van der Waals surface area contributed by atoms with E-state index in [2.05, 4.69) is 11.6 Å². The van der Waals surface area contributed by atoms with Crippen molar-refractivity contribution in [2.45, 2.75) is 13.5 Å². The molecule has 0 aliphatic heterocycles. The minimum atomic E-state index is -0.219. The Morgan fingerprint density at radius 2 is 2.21 bits per heavy atom. The Hall–Kier alpha value is -2.14. The van der Waals surface area contributed by atoms with Crippen LogP contribution < -0.4 is 4.87 Å². The molecule has 0 amide bonds. The fraction of sp³-hybridized carbons (Fsp3) is 0.143. The molecule has 4 nitrogen and oxygen atoms in total. The van der Waals surface area contributed by atoms with Gasteiger partial charge in [0.15, 0.2) is 0 Å². The van der Waals surface area contributed by atoms with Crippen LogP contribution in [0.4, 0.5) is 5.69 Å². The van der Waals surface area contributed by atoms with Crippen LogP contribution in [0.1, 0.15) is 10.4 Å². The van der Waals surface area contributed by atoms with Crippen molar-refractivity contribution in [2.24, 2.45) is 4.99 Å². The second kappa shape index (κ2) is 5.67. The minimum Gasteiger partial charge on any atom is -0.493 e. The predicted octanol–water partition coefficient (Wildman–Crippen LogP) is 2.86. The molecule has 1 N–H and O–H groups in total. The molecule has 98 valence electrons. The van der Waals surface area contributed by atoms with Crippen molar-refractivity contribution in [3.05, 3.63) is 57.0 Å². The van der Waals surface area contributed by atoms with Crippen molar-refractivity contribution in [3.63, 3.8) is 0 Å². The van der Waals surface area contributed by atoms with Gasteiger partial charge in [0.25, 0.3) is 0 Å². The molecule has 0 atom stereocenters. The predicted molar refractivity (Wildman–Crippen MR) is 78.9 cm³/mol. The zero-order valence-electron chi connectivity index (χ0n) is 10.5. The maximum absolute atomic E-state index is 11.6. The summed E-state index contributed by atoms with van der Waals surface area (Å²) >= 11 is 0.966. The van der Waals surface area contributed by atoms with Crippen molar-refractivity contribution in [1.82, 2.24) is 4.57 Å². The van der Waals surface area contributed by atoms with E-state index in [9.17, 15) is 9.90 Å². The highest BCUT2D eigenvalue weighted by Gasteiger charge is 2.10. The highest BCUT2D eigenvalue weighted by atomic mass is 32.1. The van der Waals surface area contributed by atoms with Gasteiger partial charge in [-0.15, -0.1) is 6.58 Å². The van der Waals surface area contributed by atoms with E-state index in [1.165, 1.54) is 10.8 Å². The van der Waals surface area contributed by atoms with Crippen LogP contribution in [0.25, 0.3) is 0 Å². The molecule has 5 heteroatoms. The van der Waals surface area contributed by atoms with E-state index in [4.69, 9.17) is 0 Å². The molecule has 1 aromatic carbocycles. The van der Waals surface area contributed by atoms with Gasteiger partial charge < -0.3 is 5.11 Å². The highest BCUT2D eigenvalue weighted by molar-refractivity contribution is 7.11. The summed E-state index contributed by atoms with van der Waals surface area (Å²) in [6, 6.07) is 7.67. The lowest BCUT2D eigenvalue weighted by molar-refractivity contribution is 0.422. The Labute approximate surface area is 115 Å². The van der Waals surface area contributed by atoms with Crippen molar-refractivity contribution >= 4 is 23.2 Å². The van der Waals surface area contributed by atoms with Gasteiger partial charge in [0, 0.05) is 6.54 Å². The number of aliphatic imine (C=N–C) groups is 1. The number of thiazole rings is 1. The summed E-state index contributed by atoms with van der Waals surface area (Å²) in [5.74, 6) is -0.0627. The zero-order valence-corrected chi connectivity index (χ0v) is 11.4. The van der Waals surface area contributed by atoms with Gasteiger partial charge in [-0.25, -0.2) is 0 Å². The van der Waals surface area contributed by atoms with Gasteiger partial charge in [0.05, 0.1) is 11.9 Å². The Balaban J connectivity index is 2.34. The quantitative estimate of drug-likeness (QED) is 0.688. The number of allylic oxidation sites excluding steroid dienone is 1. The highest BCUT2D eigenvalue weighted by Crippen LogP contribution is 2.21. The number of hydrogen-bond donors (Lipinski definition) is 1. The maximum Gasteiger partial charge on any atom is 0.310 e. The van der Waals surface area contributed by atoms with Crippen LogP contribution in [0.5, 0.6) is 5.88 Å². The van der Waals surface area contributed by atoms with Crippen molar-refractivity contribution in [1.29, 1.82) is 0 Å². The van der Waals surface area contributed by atoms with Crippen LogP contribution >= 0.6 is 11.3 Å². The van der Waals surface area contributed by atoms with Crippen molar-refractivity contribution in [3.8, 4) is 5.88 Å². The van der Waals surface area contributed by atoms with E-state index in [-0.39, 0.29) is 10.8 Å². The lowest BCUT2D eigenvalue weighted by Crippen LogP contribution is -2.10. The smallest absolute Gasteiger partial charge is 0.310 e. The first-order chi connectivity index (χ1) is 9.13. The first kappa shape index (κ1) is 13.3. The molecular weight excluding hydrogens is 260 g/mol. The van der Waals surface area contributed by atoms with Crippen LogP contribution in [-0.4, -0.2) is 15.9 Å². The molecule has 0 saturated carbocycles. The normalized spacial score (nSPS) is 11.0. The first-order valence-corrected chi connectivity index (χ1v) is 6.58. The van der Waals surface area contributed by atoms with Crippen LogP contribution in [0, 0.1) is 6.92 Å². The molecule has 0 spiro atoms. The summed E-state index contributed by atoms with van der Waals surface area (Å²) in [6.45, 7) is 5.80. The average Bonchev–Trinajstić information content (AvgIpc) is 2.66. The van der Waals surface area contributed by atoms with Crippen LogP contribution in [0.15, 0.2) is 46.7 Å². The van der Waals surface area contributed by atoms with Gasteiger partial charge in [-0.2, -0.15) is 0 Å². The van der Waals surface area contributed by atoms with E-state index >= 15 is 0 Å². The van der Waals surface area contributed by atoms with E-state index in [0.29, 0.717) is 11.4 Å². The lowest BCUT2D eigenvalue weighted by atomic mass is 10.2. The molecule has 0 unspecified atom stereocenters. The van der Waals surface area contributed by atoms with Crippen molar-refractivity contribution in [2.75, 3.05) is 0 Å². The number of benzene rings is 1. The summed E-state index contributed by atoms with van der Waals surface area (Å²) in [5, 5.41) is 9.92. The summed E-state index contributed by atoms with van der Waals surface area (Å²) in [5.41, 5.74) is 1.86. The summed E-state index contributed by atoms with van der Waals surface area (Å²) in [7, 11) is 0. The third kappa shape index (κ3) is 2.82. The van der Waals surface area contributed by atoms with E-state index in [1.807, 2.05) is 31.2 Å². The van der Waals surface area contributed by atoms with Gasteiger partial charge in [0.1, 0.15) is 4.88 Å². The topological polar surface area (TPSA) is 54.6 Å². The van der Waals surface area contributed by atoms with Crippen LogP contribution in [0.3, 0.4) is 0 Å². The Bertz CT molecular complexity index is 683. The summed E-state index contributed by atoms with van der Waals surface area (Å²) < 4.78 is 1.26. The summed E-state index contributed by atoms with van der Waals surface area (Å²) in [6.07, 6.45) is 3.08. The number of rotatable bonds is 4. The van der Waals surface area contributed by atoms with Crippen LogP contribution in [0.2, 0.25) is 0 Å². The number of nitrogens with zero attached hydrogens (tertiary/aromatic N) is 2. The van der Waals surface area contributed by atoms with Crippen molar-refractivity contribution < 1.29 is 5.11 Å². The molecule has 2 aromatic rings. The molecule has 0 bridgehead atoms. The monoisotopic (exact) mass is 274 g/mol.